The van der Waals surface area contributed by atoms with Crippen LogP contribution < -0.4 is 0 Å². The van der Waals surface area contributed by atoms with Crippen molar-refractivity contribution in [2.24, 2.45) is 0 Å². The summed E-state index contributed by atoms with van der Waals surface area (Å²) in [5, 5.41) is 0. The van der Waals surface area contributed by atoms with Gasteiger partial charge in [0.15, 0.2) is 0 Å². The van der Waals surface area contributed by atoms with E-state index in [-0.39, 0.29) is 6.09 Å². The normalized spacial score (nSPS) is 14.4. The van der Waals surface area contributed by atoms with Gasteiger partial charge in [0.25, 0.3) is 6.43 Å². The summed E-state index contributed by atoms with van der Waals surface area (Å²) in [6, 6.07) is 5.35. The number of ether oxygens (including phenoxy) is 1. The van der Waals surface area contributed by atoms with E-state index in [1.54, 1.807) is 24.1 Å². The fourth-order valence-corrected chi connectivity index (χ4v) is 2.56. The number of pyridine rings is 1. The van der Waals surface area contributed by atoms with Crippen LogP contribution in [0.3, 0.4) is 0 Å². The second kappa shape index (κ2) is 6.51. The first-order valence-corrected chi connectivity index (χ1v) is 7.41. The van der Waals surface area contributed by atoms with Crippen LogP contribution in [0, 0.1) is 12.7 Å². The summed E-state index contributed by atoms with van der Waals surface area (Å²) < 4.78 is 44.1. The van der Waals surface area contributed by atoms with Crippen molar-refractivity contribution in [3.05, 3.63) is 53.1 Å². The molecule has 2 aromatic rings. The van der Waals surface area contributed by atoms with Gasteiger partial charge in [0, 0.05) is 17.5 Å². The van der Waals surface area contributed by atoms with E-state index >= 15 is 0 Å². The van der Waals surface area contributed by atoms with Crippen molar-refractivity contribution in [2.45, 2.75) is 19.9 Å². The van der Waals surface area contributed by atoms with Gasteiger partial charge in [-0.3, -0.25) is 4.98 Å². The quantitative estimate of drug-likeness (QED) is 0.845. The highest BCUT2D eigenvalue weighted by atomic mass is 19.3. The molecule has 0 unspecified atom stereocenters. The van der Waals surface area contributed by atoms with Crippen LogP contribution in [0.15, 0.2) is 30.5 Å². The molecule has 0 radical (unpaired) electrons. The van der Waals surface area contributed by atoms with Gasteiger partial charge in [0.05, 0.1) is 18.7 Å². The summed E-state index contributed by atoms with van der Waals surface area (Å²) in [5.74, 6) is -0.936. The maximum Gasteiger partial charge on any atom is 0.410 e. The highest BCUT2D eigenvalue weighted by Gasteiger charge is 2.23. The number of aromatic nitrogens is 1. The molecule has 4 nitrogen and oxygen atoms in total. The molecule has 0 spiro atoms. The number of amides is 1. The minimum atomic E-state index is -2.89. The van der Waals surface area contributed by atoms with Crippen molar-refractivity contribution in [2.75, 3.05) is 13.2 Å². The maximum atomic E-state index is 13.4. The van der Waals surface area contributed by atoms with Crippen molar-refractivity contribution in [3.63, 3.8) is 0 Å². The van der Waals surface area contributed by atoms with Gasteiger partial charge in [-0.15, -0.1) is 0 Å². The molecule has 1 amide bonds. The highest BCUT2D eigenvalue weighted by molar-refractivity contribution is 5.70. The molecular formula is C17H15F3N2O2. The molecule has 1 aromatic heterocycles. The molecular weight excluding hydrogens is 321 g/mol. The Hall–Kier alpha value is -2.57. The predicted octanol–water partition coefficient (Wildman–Crippen LogP) is 4.09. The Morgan fingerprint density at radius 3 is 2.75 bits per heavy atom. The topological polar surface area (TPSA) is 42.4 Å². The number of aryl methyl sites for hydroxylation is 1. The number of cyclic esters (lactones) is 1. The molecule has 0 bridgehead atoms. The average molecular weight is 336 g/mol. The van der Waals surface area contributed by atoms with E-state index in [1.165, 1.54) is 6.07 Å². The lowest BCUT2D eigenvalue weighted by atomic mass is 10.0. The van der Waals surface area contributed by atoms with Crippen LogP contribution in [-0.4, -0.2) is 29.1 Å². The first-order valence-electron chi connectivity index (χ1n) is 7.41. The van der Waals surface area contributed by atoms with E-state index in [4.69, 9.17) is 4.74 Å². The van der Waals surface area contributed by atoms with E-state index in [1.807, 2.05) is 0 Å². The minimum absolute atomic E-state index is 0.328. The Kier molecular flexibility index (Phi) is 4.42. The maximum absolute atomic E-state index is 13.4. The largest absolute Gasteiger partial charge is 0.448 e. The molecule has 1 saturated heterocycles. The number of carbonyl (C=O) groups is 1. The van der Waals surface area contributed by atoms with E-state index in [0.717, 1.165) is 23.4 Å². The first-order chi connectivity index (χ1) is 11.5. The number of benzene rings is 1. The Morgan fingerprint density at radius 1 is 1.29 bits per heavy atom. The first kappa shape index (κ1) is 16.3. The summed E-state index contributed by atoms with van der Waals surface area (Å²) in [6.07, 6.45) is -1.73. The SMILES string of the molecule is Cc1ncc(-c2ccc(F)c(C(F)F)c2)cc1CN1CCOC1=O. The number of halogens is 3. The van der Waals surface area contributed by atoms with Gasteiger partial charge in [-0.25, -0.2) is 18.0 Å². The number of carbonyl (C=O) groups excluding carboxylic acids is 1. The van der Waals surface area contributed by atoms with Gasteiger partial charge >= 0.3 is 6.09 Å². The summed E-state index contributed by atoms with van der Waals surface area (Å²) in [7, 11) is 0. The van der Waals surface area contributed by atoms with Crippen molar-refractivity contribution >= 4 is 6.09 Å². The average Bonchev–Trinajstić information content (AvgIpc) is 2.95. The van der Waals surface area contributed by atoms with Gasteiger partial charge in [-0.2, -0.15) is 0 Å². The molecule has 3 rings (SSSR count). The monoisotopic (exact) mass is 336 g/mol. The lowest BCUT2D eigenvalue weighted by Gasteiger charge is -2.15. The van der Waals surface area contributed by atoms with Crippen LogP contribution in [0.25, 0.3) is 11.1 Å². The van der Waals surface area contributed by atoms with Crippen LogP contribution in [0.5, 0.6) is 0 Å². The lowest BCUT2D eigenvalue weighted by Crippen LogP contribution is -2.24. The third-order valence-corrected chi connectivity index (χ3v) is 3.96. The van der Waals surface area contributed by atoms with Gasteiger partial charge in [-0.1, -0.05) is 6.07 Å². The van der Waals surface area contributed by atoms with Gasteiger partial charge in [0.2, 0.25) is 0 Å². The Labute approximate surface area is 136 Å². The van der Waals surface area contributed by atoms with E-state index in [9.17, 15) is 18.0 Å². The highest BCUT2D eigenvalue weighted by Crippen LogP contribution is 2.29. The van der Waals surface area contributed by atoms with E-state index in [0.29, 0.717) is 30.8 Å². The second-order valence-corrected chi connectivity index (χ2v) is 5.54. The summed E-state index contributed by atoms with van der Waals surface area (Å²) >= 11 is 0. The molecule has 126 valence electrons. The molecule has 7 heteroatoms. The van der Waals surface area contributed by atoms with E-state index < -0.39 is 17.8 Å². The molecule has 0 N–H and O–H groups in total. The number of hydrogen-bond donors (Lipinski definition) is 0. The zero-order chi connectivity index (χ0) is 17.3. The van der Waals surface area contributed by atoms with Crippen molar-refractivity contribution in [1.29, 1.82) is 0 Å². The number of nitrogens with zero attached hydrogens (tertiary/aromatic N) is 2. The summed E-state index contributed by atoms with van der Waals surface area (Å²) in [6.45, 7) is 2.97. The molecule has 0 atom stereocenters. The van der Waals surface area contributed by atoms with Crippen LogP contribution >= 0.6 is 0 Å². The summed E-state index contributed by atoms with van der Waals surface area (Å²) in [4.78, 5) is 17.4. The molecule has 2 heterocycles. The number of rotatable bonds is 4. The molecule has 0 aliphatic carbocycles. The lowest BCUT2D eigenvalue weighted by molar-refractivity contribution is 0.146. The Morgan fingerprint density at radius 2 is 2.08 bits per heavy atom. The number of alkyl halides is 2. The summed E-state index contributed by atoms with van der Waals surface area (Å²) in [5.41, 5.74) is 1.91. The predicted molar refractivity (Wildman–Crippen MR) is 81.1 cm³/mol. The van der Waals surface area contributed by atoms with Crippen molar-refractivity contribution in [3.8, 4) is 11.1 Å². The van der Waals surface area contributed by atoms with Crippen molar-refractivity contribution < 1.29 is 22.7 Å². The Bertz CT molecular complexity index is 780. The number of hydrogen-bond acceptors (Lipinski definition) is 3. The fraction of sp³-hybridized carbons (Fsp3) is 0.294. The van der Waals surface area contributed by atoms with Gasteiger partial charge in [-0.05, 0) is 36.2 Å². The molecule has 1 fully saturated rings. The third-order valence-electron chi connectivity index (χ3n) is 3.96. The smallest absolute Gasteiger partial charge is 0.410 e. The third kappa shape index (κ3) is 3.20. The van der Waals surface area contributed by atoms with Crippen LogP contribution in [0.2, 0.25) is 0 Å². The zero-order valence-electron chi connectivity index (χ0n) is 12.9. The van der Waals surface area contributed by atoms with Crippen LogP contribution in [-0.2, 0) is 11.3 Å². The van der Waals surface area contributed by atoms with Gasteiger partial charge < -0.3 is 9.64 Å². The molecule has 0 saturated carbocycles. The zero-order valence-corrected chi connectivity index (χ0v) is 12.9. The fourth-order valence-electron chi connectivity index (χ4n) is 2.56. The van der Waals surface area contributed by atoms with Crippen molar-refractivity contribution in [1.82, 2.24) is 9.88 Å². The standard InChI is InChI=1S/C17H15F3N2O2/c1-10-13(9-22-4-5-24-17(22)23)6-12(8-21-10)11-2-3-15(18)14(7-11)16(19)20/h2-3,6-8,16H,4-5,9H2,1H3. The van der Waals surface area contributed by atoms with Crippen LogP contribution in [0.1, 0.15) is 23.2 Å². The molecule has 24 heavy (non-hydrogen) atoms. The second-order valence-electron chi connectivity index (χ2n) is 5.54. The molecule has 1 aliphatic rings. The van der Waals surface area contributed by atoms with Gasteiger partial charge in [0.1, 0.15) is 12.4 Å². The molecule has 1 aromatic carbocycles. The van der Waals surface area contributed by atoms with Crippen LogP contribution in [0.4, 0.5) is 18.0 Å². The molecule has 1 aliphatic heterocycles. The minimum Gasteiger partial charge on any atom is -0.448 e. The Balaban J connectivity index is 1.93. The van der Waals surface area contributed by atoms with E-state index in [2.05, 4.69) is 4.98 Å².